The number of nitrogens with zero attached hydrogens (tertiary/aromatic N) is 3. The van der Waals surface area contributed by atoms with Gasteiger partial charge in [-0.1, -0.05) is 35.0 Å². The van der Waals surface area contributed by atoms with Crippen molar-refractivity contribution >= 4 is 17.5 Å². The van der Waals surface area contributed by atoms with Gasteiger partial charge in [-0.25, -0.2) is 0 Å². The van der Waals surface area contributed by atoms with Crippen LogP contribution in [-0.2, 0) is 17.8 Å². The lowest BCUT2D eigenvalue weighted by molar-refractivity contribution is -0.131. The summed E-state index contributed by atoms with van der Waals surface area (Å²) in [5.74, 6) is 1.91. The molecule has 3 rings (SSSR count). The maximum Gasteiger partial charge on any atom is 0.226 e. The van der Waals surface area contributed by atoms with Gasteiger partial charge in [-0.2, -0.15) is 4.98 Å². The van der Waals surface area contributed by atoms with Gasteiger partial charge >= 0.3 is 0 Å². The second-order valence-corrected chi connectivity index (χ2v) is 7.00. The smallest absolute Gasteiger partial charge is 0.226 e. The first-order chi connectivity index (χ1) is 14.1. The molecule has 0 spiro atoms. The minimum Gasteiger partial charge on any atom is -0.497 e. The molecule has 6 nitrogen and oxygen atoms in total. The molecule has 152 valence electrons. The van der Waals surface area contributed by atoms with Crippen LogP contribution in [0.4, 0.5) is 0 Å². The first kappa shape index (κ1) is 20.9. The molecule has 0 fully saturated rings. The van der Waals surface area contributed by atoms with Crippen molar-refractivity contribution in [1.29, 1.82) is 0 Å². The summed E-state index contributed by atoms with van der Waals surface area (Å²) in [7, 11) is 1.62. The Balaban J connectivity index is 1.51. The normalized spacial score (nSPS) is 10.7. The molecule has 7 heteroatoms. The minimum absolute atomic E-state index is 0.0855. The van der Waals surface area contributed by atoms with Gasteiger partial charge in [-0.05, 0) is 49.2 Å². The van der Waals surface area contributed by atoms with Gasteiger partial charge in [0.15, 0.2) is 0 Å². The Morgan fingerprint density at radius 1 is 1.17 bits per heavy atom. The second-order valence-electron chi connectivity index (χ2n) is 6.59. The van der Waals surface area contributed by atoms with E-state index in [1.807, 2.05) is 55.5 Å². The number of carbonyl (C=O) groups excluding carboxylic acids is 1. The maximum atomic E-state index is 12.6. The molecule has 0 aliphatic carbocycles. The summed E-state index contributed by atoms with van der Waals surface area (Å²) in [6.07, 6.45) is 1.61. The van der Waals surface area contributed by atoms with Gasteiger partial charge in [0.2, 0.25) is 17.6 Å². The fraction of sp³-hybridized carbons (Fsp3) is 0.318. The molecule has 2 aromatic carbocycles. The fourth-order valence-electron chi connectivity index (χ4n) is 2.97. The number of rotatable bonds is 9. The first-order valence-electron chi connectivity index (χ1n) is 9.59. The molecule has 0 N–H and O–H groups in total. The first-order valence-corrected chi connectivity index (χ1v) is 9.96. The lowest BCUT2D eigenvalue weighted by Crippen LogP contribution is -2.30. The van der Waals surface area contributed by atoms with E-state index in [1.54, 1.807) is 12.0 Å². The quantitative estimate of drug-likeness (QED) is 0.505. The van der Waals surface area contributed by atoms with Crippen molar-refractivity contribution in [3.8, 4) is 17.1 Å². The van der Waals surface area contributed by atoms with Crippen LogP contribution in [0, 0.1) is 0 Å². The molecule has 0 saturated carbocycles. The summed E-state index contributed by atoms with van der Waals surface area (Å²) < 4.78 is 10.5. The van der Waals surface area contributed by atoms with Crippen molar-refractivity contribution in [2.45, 2.75) is 32.7 Å². The van der Waals surface area contributed by atoms with Crippen molar-refractivity contribution in [3.63, 3.8) is 0 Å². The lowest BCUT2D eigenvalue weighted by Gasteiger charge is -2.21. The number of aromatic nitrogens is 2. The highest BCUT2D eigenvalue weighted by atomic mass is 35.5. The van der Waals surface area contributed by atoms with Crippen LogP contribution in [0.1, 0.15) is 31.2 Å². The monoisotopic (exact) mass is 413 g/mol. The molecule has 3 aromatic rings. The zero-order chi connectivity index (χ0) is 20.6. The van der Waals surface area contributed by atoms with Crippen molar-refractivity contribution in [2.24, 2.45) is 0 Å². The molecule has 0 aliphatic heterocycles. The van der Waals surface area contributed by atoms with E-state index in [0.717, 1.165) is 16.9 Å². The molecular weight excluding hydrogens is 390 g/mol. The maximum absolute atomic E-state index is 12.6. The number of halogens is 1. The number of hydrogen-bond donors (Lipinski definition) is 0. The van der Waals surface area contributed by atoms with E-state index < -0.39 is 0 Å². The van der Waals surface area contributed by atoms with Crippen molar-refractivity contribution in [1.82, 2.24) is 15.0 Å². The van der Waals surface area contributed by atoms with Gasteiger partial charge in [-0.15, -0.1) is 0 Å². The zero-order valence-electron chi connectivity index (χ0n) is 16.6. The summed E-state index contributed by atoms with van der Waals surface area (Å²) in [4.78, 5) is 18.8. The number of aryl methyl sites for hydroxylation is 1. The molecule has 0 unspecified atom stereocenters. The van der Waals surface area contributed by atoms with Gasteiger partial charge in [0.1, 0.15) is 5.75 Å². The van der Waals surface area contributed by atoms with Gasteiger partial charge in [0.05, 0.1) is 7.11 Å². The van der Waals surface area contributed by atoms with E-state index in [4.69, 9.17) is 20.9 Å². The summed E-state index contributed by atoms with van der Waals surface area (Å²) in [5.41, 5.74) is 1.80. The number of hydrogen-bond acceptors (Lipinski definition) is 5. The predicted molar refractivity (Wildman–Crippen MR) is 112 cm³/mol. The van der Waals surface area contributed by atoms with E-state index in [9.17, 15) is 4.79 Å². The average Bonchev–Trinajstić information content (AvgIpc) is 3.22. The number of carbonyl (C=O) groups is 1. The average molecular weight is 414 g/mol. The molecule has 0 radical (unpaired) electrons. The van der Waals surface area contributed by atoms with Crippen molar-refractivity contribution in [3.05, 3.63) is 65.0 Å². The Labute approximate surface area is 175 Å². The summed E-state index contributed by atoms with van der Waals surface area (Å²) >= 11 is 6.21. The minimum atomic E-state index is 0.0855. The summed E-state index contributed by atoms with van der Waals surface area (Å²) in [6, 6.07) is 15.0. The Kier molecular flexibility index (Phi) is 7.25. The molecule has 1 heterocycles. The van der Waals surface area contributed by atoms with Gasteiger partial charge in [0, 0.05) is 36.5 Å². The third kappa shape index (κ3) is 5.57. The summed E-state index contributed by atoms with van der Waals surface area (Å²) in [5, 5.41) is 4.70. The number of ether oxygens (including phenoxy) is 1. The molecular formula is C22H24ClN3O3. The van der Waals surface area contributed by atoms with Crippen LogP contribution in [-0.4, -0.2) is 34.6 Å². The third-order valence-corrected chi connectivity index (χ3v) is 5.02. The predicted octanol–water partition coefficient (Wildman–Crippen LogP) is 4.77. The molecule has 0 bridgehead atoms. The summed E-state index contributed by atoms with van der Waals surface area (Å²) in [6.45, 7) is 3.11. The van der Waals surface area contributed by atoms with Gasteiger partial charge in [0.25, 0.3) is 0 Å². The van der Waals surface area contributed by atoms with Crippen LogP contribution in [0.5, 0.6) is 5.75 Å². The Bertz CT molecular complexity index is 940. The molecule has 29 heavy (non-hydrogen) atoms. The molecule has 0 atom stereocenters. The number of benzene rings is 2. The van der Waals surface area contributed by atoms with E-state index in [1.165, 1.54) is 0 Å². The topological polar surface area (TPSA) is 68.5 Å². The van der Waals surface area contributed by atoms with E-state index >= 15 is 0 Å². The Morgan fingerprint density at radius 2 is 1.93 bits per heavy atom. The van der Waals surface area contributed by atoms with Crippen LogP contribution in [0.3, 0.4) is 0 Å². The standard InChI is InChI=1S/C22H24ClN3O3/c1-3-26(15-17-7-4-5-8-19(17)23)21(27)10-6-9-20-24-22(25-29-20)16-11-13-18(28-2)14-12-16/h4-5,7-8,11-14H,3,6,9-10,15H2,1-2H3. The SMILES string of the molecule is CCN(Cc1ccccc1Cl)C(=O)CCCc1nc(-c2ccc(OC)cc2)no1. The molecule has 0 saturated heterocycles. The van der Waals surface area contributed by atoms with E-state index in [2.05, 4.69) is 10.1 Å². The molecule has 1 amide bonds. The van der Waals surface area contributed by atoms with Gasteiger partial charge < -0.3 is 14.2 Å². The van der Waals surface area contributed by atoms with Crippen LogP contribution in [0.25, 0.3) is 11.4 Å². The van der Waals surface area contributed by atoms with Gasteiger partial charge in [-0.3, -0.25) is 4.79 Å². The highest BCUT2D eigenvalue weighted by Crippen LogP contribution is 2.21. The van der Waals surface area contributed by atoms with Crippen LogP contribution < -0.4 is 4.74 Å². The van der Waals surface area contributed by atoms with Crippen LogP contribution in [0.15, 0.2) is 53.1 Å². The van der Waals surface area contributed by atoms with E-state index in [0.29, 0.717) is 49.1 Å². The third-order valence-electron chi connectivity index (χ3n) is 4.65. The Morgan fingerprint density at radius 3 is 2.62 bits per heavy atom. The molecule has 0 aliphatic rings. The molecule has 1 aromatic heterocycles. The van der Waals surface area contributed by atoms with Crippen molar-refractivity contribution < 1.29 is 14.1 Å². The highest BCUT2D eigenvalue weighted by Gasteiger charge is 2.15. The Hall–Kier alpha value is -2.86. The second kappa shape index (κ2) is 10.1. The lowest BCUT2D eigenvalue weighted by atomic mass is 10.1. The number of amides is 1. The fourth-order valence-corrected chi connectivity index (χ4v) is 3.17. The van der Waals surface area contributed by atoms with E-state index in [-0.39, 0.29) is 5.91 Å². The number of methoxy groups -OCH3 is 1. The highest BCUT2D eigenvalue weighted by molar-refractivity contribution is 6.31. The van der Waals surface area contributed by atoms with Crippen LogP contribution >= 0.6 is 11.6 Å². The zero-order valence-corrected chi connectivity index (χ0v) is 17.4. The van der Waals surface area contributed by atoms with Crippen LogP contribution in [0.2, 0.25) is 5.02 Å². The largest absolute Gasteiger partial charge is 0.497 e. The van der Waals surface area contributed by atoms with Crippen molar-refractivity contribution in [2.75, 3.05) is 13.7 Å².